The quantitative estimate of drug-likeness (QED) is 0.434. The van der Waals surface area contributed by atoms with Gasteiger partial charge in [-0.1, -0.05) is 54.1 Å². The van der Waals surface area contributed by atoms with E-state index in [1.165, 1.54) is 24.3 Å². The number of hydrogen-bond donors (Lipinski definition) is 2. The molecule has 3 aromatic rings. The van der Waals surface area contributed by atoms with Crippen molar-refractivity contribution in [3.63, 3.8) is 0 Å². The summed E-state index contributed by atoms with van der Waals surface area (Å²) < 4.78 is 39.1. The number of allylic oxidation sites excluding steroid dienone is 2. The van der Waals surface area contributed by atoms with Crippen molar-refractivity contribution in [3.8, 4) is 0 Å². The fourth-order valence-electron chi connectivity index (χ4n) is 2.78. The van der Waals surface area contributed by atoms with E-state index in [9.17, 15) is 18.0 Å². The maximum atomic E-state index is 13.0. The number of aryl methyl sites for hydroxylation is 1. The first-order valence-electron chi connectivity index (χ1n) is 9.50. The van der Waals surface area contributed by atoms with Gasteiger partial charge >= 0.3 is 6.18 Å². The van der Waals surface area contributed by atoms with E-state index in [0.29, 0.717) is 16.8 Å². The number of benzene rings is 3. The molecule has 8 heteroatoms. The van der Waals surface area contributed by atoms with Gasteiger partial charge in [-0.05, 0) is 48.9 Å². The van der Waals surface area contributed by atoms with Crippen LogP contribution in [0, 0.1) is 6.92 Å². The molecular formula is C24H19ClF3N3O. The molecule has 0 aliphatic carbocycles. The molecule has 1 amide bonds. The summed E-state index contributed by atoms with van der Waals surface area (Å²) in [4.78, 5) is 16.8. The lowest BCUT2D eigenvalue weighted by Crippen LogP contribution is -2.21. The molecule has 0 saturated heterocycles. The predicted octanol–water partition coefficient (Wildman–Crippen LogP) is 6.43. The largest absolute Gasteiger partial charge is 0.430 e. The number of nitrogens with zero attached hydrogens (tertiary/aromatic N) is 1. The number of rotatable bonds is 5. The van der Waals surface area contributed by atoms with Crippen LogP contribution in [0.1, 0.15) is 21.5 Å². The Hall–Kier alpha value is -3.58. The van der Waals surface area contributed by atoms with Crippen LogP contribution in [-0.2, 0) is 0 Å². The molecule has 3 N–H and O–H groups in total. The van der Waals surface area contributed by atoms with Crippen molar-refractivity contribution in [1.82, 2.24) is 0 Å². The van der Waals surface area contributed by atoms with Gasteiger partial charge in [-0.2, -0.15) is 13.2 Å². The third-order valence-electron chi connectivity index (χ3n) is 4.55. The number of halogens is 4. The number of anilines is 1. The number of alkyl halides is 3. The predicted molar refractivity (Wildman–Crippen MR) is 122 cm³/mol. The third kappa shape index (κ3) is 5.76. The first-order chi connectivity index (χ1) is 15.1. The molecule has 0 saturated carbocycles. The molecule has 0 radical (unpaired) electrons. The van der Waals surface area contributed by atoms with Crippen molar-refractivity contribution < 1.29 is 18.0 Å². The minimum Gasteiger partial charge on any atom is -0.395 e. The number of carbonyl (C=O) groups excluding carboxylic acids is 1. The molecular weight excluding hydrogens is 439 g/mol. The lowest BCUT2D eigenvalue weighted by molar-refractivity contribution is -0.0925. The maximum absolute atomic E-state index is 13.0. The summed E-state index contributed by atoms with van der Waals surface area (Å²) in [6, 6.07) is 19.8. The zero-order chi connectivity index (χ0) is 23.3. The molecule has 0 fully saturated rings. The van der Waals surface area contributed by atoms with Crippen molar-refractivity contribution >= 4 is 34.6 Å². The summed E-state index contributed by atoms with van der Waals surface area (Å²) >= 11 is 6.10. The molecule has 3 aromatic carbocycles. The van der Waals surface area contributed by atoms with E-state index in [-0.39, 0.29) is 22.3 Å². The number of hydrogen-bond acceptors (Lipinski definition) is 3. The van der Waals surface area contributed by atoms with Gasteiger partial charge in [0.05, 0.1) is 16.4 Å². The monoisotopic (exact) mass is 457 g/mol. The molecule has 0 aliphatic rings. The van der Waals surface area contributed by atoms with Crippen LogP contribution in [0.5, 0.6) is 0 Å². The summed E-state index contributed by atoms with van der Waals surface area (Å²) in [5.41, 5.74) is 6.41. The molecule has 164 valence electrons. The lowest BCUT2D eigenvalue weighted by Gasteiger charge is -2.10. The highest BCUT2D eigenvalue weighted by Gasteiger charge is 2.31. The number of para-hydroxylation sites is 2. The van der Waals surface area contributed by atoms with Gasteiger partial charge in [0.2, 0.25) is 0 Å². The average molecular weight is 458 g/mol. The van der Waals surface area contributed by atoms with Gasteiger partial charge in [0, 0.05) is 16.8 Å². The number of nitrogens with one attached hydrogen (secondary N) is 1. The molecule has 4 nitrogen and oxygen atoms in total. The second kappa shape index (κ2) is 9.70. The van der Waals surface area contributed by atoms with E-state index < -0.39 is 11.9 Å². The Morgan fingerprint density at radius 3 is 2.19 bits per heavy atom. The lowest BCUT2D eigenvalue weighted by atomic mass is 10.1. The van der Waals surface area contributed by atoms with Gasteiger partial charge in [0.15, 0.2) is 0 Å². The summed E-state index contributed by atoms with van der Waals surface area (Å²) in [7, 11) is 0. The van der Waals surface area contributed by atoms with Crippen LogP contribution in [0.3, 0.4) is 0 Å². The average Bonchev–Trinajstić information content (AvgIpc) is 2.75. The summed E-state index contributed by atoms with van der Waals surface area (Å²) in [6.45, 7) is 1.87. The molecule has 0 aliphatic heterocycles. The number of carbonyl (C=O) groups is 1. The van der Waals surface area contributed by atoms with E-state index in [1.54, 1.807) is 36.4 Å². The standard InChI is InChI=1S/C24H19ClF3N3O/c1-15-6-2-4-8-19(15)31-23(32)17-12-10-16(11-13-17)21(14-22(29)24(26,27)28)30-20-9-5-3-7-18(20)25/h2-14H,29H2,1H3,(H,31,32). The molecule has 0 heterocycles. The number of aliphatic imine (C=N–C) groups is 1. The van der Waals surface area contributed by atoms with E-state index in [4.69, 9.17) is 17.3 Å². The van der Waals surface area contributed by atoms with E-state index in [1.807, 2.05) is 19.1 Å². The van der Waals surface area contributed by atoms with Gasteiger partial charge in [-0.3, -0.25) is 4.79 Å². The van der Waals surface area contributed by atoms with Gasteiger partial charge in [-0.15, -0.1) is 0 Å². The Morgan fingerprint density at radius 2 is 1.56 bits per heavy atom. The highest BCUT2D eigenvalue weighted by molar-refractivity contribution is 6.33. The normalized spacial score (nSPS) is 12.5. The smallest absolute Gasteiger partial charge is 0.395 e. The first kappa shape index (κ1) is 23.1. The van der Waals surface area contributed by atoms with Crippen molar-refractivity contribution in [1.29, 1.82) is 0 Å². The Labute approximate surface area is 188 Å². The van der Waals surface area contributed by atoms with Crippen molar-refractivity contribution in [3.05, 3.63) is 106 Å². The summed E-state index contributed by atoms with van der Waals surface area (Å²) in [6.07, 6.45) is -3.97. The van der Waals surface area contributed by atoms with Gasteiger partial charge in [-0.25, -0.2) is 4.99 Å². The highest BCUT2D eigenvalue weighted by atomic mass is 35.5. The van der Waals surface area contributed by atoms with Gasteiger partial charge < -0.3 is 11.1 Å². The fourth-order valence-corrected chi connectivity index (χ4v) is 2.96. The number of amides is 1. The van der Waals surface area contributed by atoms with Crippen molar-refractivity contribution in [2.75, 3.05) is 5.32 Å². The minimum atomic E-state index is -4.71. The fraction of sp³-hybridized carbons (Fsp3) is 0.0833. The van der Waals surface area contributed by atoms with Crippen molar-refractivity contribution in [2.45, 2.75) is 13.1 Å². The zero-order valence-corrected chi connectivity index (χ0v) is 17.7. The molecule has 0 spiro atoms. The second-order valence-electron chi connectivity index (χ2n) is 6.89. The van der Waals surface area contributed by atoms with E-state index in [2.05, 4.69) is 10.3 Å². The Bertz CT molecular complexity index is 1190. The molecule has 0 atom stereocenters. The van der Waals surface area contributed by atoms with Crippen LogP contribution in [0.25, 0.3) is 0 Å². The first-order valence-corrected chi connectivity index (χ1v) is 9.88. The molecule has 0 aromatic heterocycles. The Balaban J connectivity index is 1.95. The van der Waals surface area contributed by atoms with Crippen LogP contribution in [0.4, 0.5) is 24.5 Å². The second-order valence-corrected chi connectivity index (χ2v) is 7.30. The van der Waals surface area contributed by atoms with Gasteiger partial charge in [0.25, 0.3) is 5.91 Å². The van der Waals surface area contributed by atoms with Crippen LogP contribution in [0.2, 0.25) is 5.02 Å². The topological polar surface area (TPSA) is 67.5 Å². The maximum Gasteiger partial charge on any atom is 0.430 e. The minimum absolute atomic E-state index is 0.0428. The zero-order valence-electron chi connectivity index (χ0n) is 17.0. The van der Waals surface area contributed by atoms with Crippen molar-refractivity contribution in [2.24, 2.45) is 10.7 Å². The SMILES string of the molecule is Cc1ccccc1NC(=O)c1ccc(C(C=C(N)C(F)(F)F)=Nc2ccccc2Cl)cc1. The Kier molecular flexibility index (Phi) is 7.00. The summed E-state index contributed by atoms with van der Waals surface area (Å²) in [5.74, 6) is -0.346. The third-order valence-corrected chi connectivity index (χ3v) is 4.87. The molecule has 32 heavy (non-hydrogen) atoms. The number of nitrogens with two attached hydrogens (primary N) is 1. The van der Waals surface area contributed by atoms with E-state index in [0.717, 1.165) is 11.6 Å². The van der Waals surface area contributed by atoms with Crippen LogP contribution >= 0.6 is 11.6 Å². The molecule has 3 rings (SSSR count). The molecule has 0 bridgehead atoms. The molecule has 0 unspecified atom stereocenters. The van der Waals surface area contributed by atoms with E-state index >= 15 is 0 Å². The summed E-state index contributed by atoms with van der Waals surface area (Å²) in [5, 5.41) is 3.08. The van der Waals surface area contributed by atoms with Gasteiger partial charge in [0.1, 0.15) is 5.70 Å². The van der Waals surface area contributed by atoms with Crippen LogP contribution in [0.15, 0.2) is 89.6 Å². The highest BCUT2D eigenvalue weighted by Crippen LogP contribution is 2.27. The van der Waals surface area contributed by atoms with Crippen LogP contribution < -0.4 is 11.1 Å². The van der Waals surface area contributed by atoms with Crippen LogP contribution in [-0.4, -0.2) is 17.8 Å². The Morgan fingerprint density at radius 1 is 0.969 bits per heavy atom.